The van der Waals surface area contributed by atoms with Gasteiger partial charge in [-0.2, -0.15) is 4.98 Å². The summed E-state index contributed by atoms with van der Waals surface area (Å²) in [6.07, 6.45) is 5.88. The molecule has 7 heteroatoms. The molecule has 0 fully saturated rings. The highest BCUT2D eigenvalue weighted by Crippen LogP contribution is 2.49. The van der Waals surface area contributed by atoms with Crippen molar-refractivity contribution in [2.75, 3.05) is 19.0 Å². The second-order valence-corrected chi connectivity index (χ2v) is 7.80. The summed E-state index contributed by atoms with van der Waals surface area (Å²) in [5.74, 6) is 0.599. The summed E-state index contributed by atoms with van der Waals surface area (Å²) in [5.41, 5.74) is 3.52. The molecule has 0 radical (unpaired) electrons. The summed E-state index contributed by atoms with van der Waals surface area (Å²) in [6.45, 7) is 7.70. The number of nitrogens with one attached hydrogen (secondary N) is 1. The Morgan fingerprint density at radius 1 is 1.33 bits per heavy atom. The molecule has 1 aliphatic heterocycles. The van der Waals surface area contributed by atoms with E-state index in [2.05, 4.69) is 36.1 Å². The molecule has 132 valence electrons. The summed E-state index contributed by atoms with van der Waals surface area (Å²) in [7, 11) is 1.64. The molecule has 1 aromatic rings. The number of thioether (sulfide) groups is 1. The molecule has 0 spiro atoms. The Hall–Kier alpha value is -1.08. The number of nitrogens with zero attached hydrogens (tertiary/aromatic N) is 3. The highest BCUT2D eigenvalue weighted by molar-refractivity contribution is 8.93. The quantitative estimate of drug-likeness (QED) is 0.565. The van der Waals surface area contributed by atoms with Crippen LogP contribution in [0, 0.1) is 5.41 Å². The largest absolute Gasteiger partial charge is 0.479 e. The van der Waals surface area contributed by atoms with Crippen LogP contribution >= 0.6 is 28.7 Å². The van der Waals surface area contributed by atoms with E-state index in [4.69, 9.17) is 9.73 Å². The average Bonchev–Trinajstić information content (AvgIpc) is 2.52. The molecule has 5 nitrogen and oxygen atoms in total. The van der Waals surface area contributed by atoms with Gasteiger partial charge in [-0.25, -0.2) is 4.98 Å². The number of halogens is 1. The molecule has 1 N–H and O–H groups in total. The van der Waals surface area contributed by atoms with Crippen LogP contribution in [0.2, 0.25) is 0 Å². The number of allylic oxidation sites excluding steroid dienone is 2. The van der Waals surface area contributed by atoms with Gasteiger partial charge in [0, 0.05) is 12.2 Å². The van der Waals surface area contributed by atoms with Gasteiger partial charge >= 0.3 is 0 Å². The van der Waals surface area contributed by atoms with Gasteiger partial charge in [0.25, 0.3) is 0 Å². The lowest BCUT2D eigenvalue weighted by Gasteiger charge is -2.36. The predicted octanol–water partition coefficient (Wildman–Crippen LogP) is 4.85. The minimum atomic E-state index is 0. The monoisotopic (exact) mass is 412 g/mol. The molecule has 24 heavy (non-hydrogen) atoms. The van der Waals surface area contributed by atoms with E-state index in [0.717, 1.165) is 36.5 Å². The lowest BCUT2D eigenvalue weighted by molar-refractivity contribution is 0.371. The number of fused-ring (bicyclic) bond motifs is 1. The molecule has 0 atom stereocenters. The zero-order chi connectivity index (χ0) is 16.4. The van der Waals surface area contributed by atoms with Gasteiger partial charge in [0.1, 0.15) is 17.0 Å². The van der Waals surface area contributed by atoms with Crippen LogP contribution < -0.4 is 10.1 Å². The molecule has 0 aromatic carbocycles. The Balaban J connectivity index is 0.00000208. The summed E-state index contributed by atoms with van der Waals surface area (Å²) in [5, 5.41) is 4.44. The lowest BCUT2D eigenvalue weighted by Crippen LogP contribution is -2.29. The van der Waals surface area contributed by atoms with E-state index in [0.29, 0.717) is 5.88 Å². The number of methoxy groups -OCH3 is 1. The van der Waals surface area contributed by atoms with Crippen molar-refractivity contribution in [2.24, 2.45) is 10.4 Å². The molecule has 0 bridgehead atoms. The third-order valence-corrected chi connectivity index (χ3v) is 5.29. The van der Waals surface area contributed by atoms with Crippen LogP contribution in [-0.4, -0.2) is 29.3 Å². The van der Waals surface area contributed by atoms with Gasteiger partial charge in [0.15, 0.2) is 0 Å². The van der Waals surface area contributed by atoms with Gasteiger partial charge in [0.2, 0.25) is 5.88 Å². The maximum Gasteiger partial charge on any atom is 0.241 e. The van der Waals surface area contributed by atoms with Crippen molar-refractivity contribution in [1.29, 1.82) is 0 Å². The summed E-state index contributed by atoms with van der Waals surface area (Å²) in [6, 6.07) is 0. The molecular formula is C17H25BrN4OS. The van der Waals surface area contributed by atoms with Crippen molar-refractivity contribution in [1.82, 2.24) is 9.97 Å². The minimum absolute atomic E-state index is 0. The second kappa shape index (κ2) is 7.87. The third-order valence-electron chi connectivity index (χ3n) is 4.10. The second-order valence-electron chi connectivity index (χ2n) is 6.80. The highest BCUT2D eigenvalue weighted by atomic mass is 79.9. The predicted molar refractivity (Wildman–Crippen MR) is 106 cm³/mol. The van der Waals surface area contributed by atoms with Gasteiger partial charge < -0.3 is 10.1 Å². The molecule has 1 aromatic heterocycles. The fraction of sp³-hybridized carbons (Fsp3) is 0.588. The molecule has 0 unspecified atom stereocenters. The van der Waals surface area contributed by atoms with Crippen LogP contribution in [-0.2, 0) is 0 Å². The van der Waals surface area contributed by atoms with Crippen LogP contribution in [0.3, 0.4) is 0 Å². The Morgan fingerprint density at radius 3 is 2.83 bits per heavy atom. The minimum Gasteiger partial charge on any atom is -0.479 e. The molecule has 2 heterocycles. The number of ether oxygens (including phenoxy) is 1. The van der Waals surface area contributed by atoms with Crippen molar-refractivity contribution in [3.05, 3.63) is 16.9 Å². The van der Waals surface area contributed by atoms with Crippen LogP contribution in [0.5, 0.6) is 5.88 Å². The zero-order valence-electron chi connectivity index (χ0n) is 14.7. The van der Waals surface area contributed by atoms with Crippen molar-refractivity contribution >= 4 is 40.1 Å². The van der Waals surface area contributed by atoms with E-state index < -0.39 is 0 Å². The standard InChI is InChI=1S/C17H24N4OS.BrH/c1-5-6-7-18-11-8-17(2,3)9-12-14(11)23-16-13(21-12)15(22-4)19-10-20-16;/h10,21H,5-9H2,1-4H3;1H. The third kappa shape index (κ3) is 3.94. The average molecular weight is 413 g/mol. The van der Waals surface area contributed by atoms with E-state index in [1.807, 2.05) is 0 Å². The molecule has 1 aliphatic carbocycles. The first-order chi connectivity index (χ1) is 11.0. The van der Waals surface area contributed by atoms with Gasteiger partial charge in [0.05, 0.1) is 17.7 Å². The lowest BCUT2D eigenvalue weighted by atomic mass is 9.78. The first-order valence-electron chi connectivity index (χ1n) is 8.15. The number of aliphatic imine (C=N–C) groups is 1. The fourth-order valence-electron chi connectivity index (χ4n) is 2.99. The van der Waals surface area contributed by atoms with Crippen LogP contribution in [0.4, 0.5) is 5.69 Å². The van der Waals surface area contributed by atoms with E-state index in [1.54, 1.807) is 25.2 Å². The molecule has 3 rings (SSSR count). The fourth-order valence-corrected chi connectivity index (χ4v) is 4.03. The number of anilines is 1. The molecule has 0 amide bonds. The van der Waals surface area contributed by atoms with Gasteiger partial charge in [-0.1, -0.05) is 39.0 Å². The highest BCUT2D eigenvalue weighted by Gasteiger charge is 2.36. The van der Waals surface area contributed by atoms with Gasteiger partial charge in [-0.15, -0.1) is 17.0 Å². The van der Waals surface area contributed by atoms with Crippen LogP contribution in [0.25, 0.3) is 0 Å². The molecule has 0 saturated heterocycles. The SMILES string of the molecule is Br.CCCCN=C1CC(C)(C)CC2=C1Sc1ncnc(OC)c1N2. The van der Waals surface area contributed by atoms with Crippen LogP contribution in [0.15, 0.2) is 26.9 Å². The molecule has 2 aliphatic rings. The van der Waals surface area contributed by atoms with E-state index in [-0.39, 0.29) is 22.4 Å². The number of rotatable bonds is 4. The van der Waals surface area contributed by atoms with E-state index in [9.17, 15) is 0 Å². The molecular weight excluding hydrogens is 388 g/mol. The van der Waals surface area contributed by atoms with E-state index >= 15 is 0 Å². The van der Waals surface area contributed by atoms with Crippen molar-refractivity contribution in [2.45, 2.75) is 51.5 Å². The van der Waals surface area contributed by atoms with Crippen LogP contribution in [0.1, 0.15) is 46.5 Å². The molecule has 0 saturated carbocycles. The number of hydrogen-bond acceptors (Lipinski definition) is 6. The Bertz CT molecular complexity index is 673. The summed E-state index contributed by atoms with van der Waals surface area (Å²) < 4.78 is 5.37. The van der Waals surface area contributed by atoms with E-state index in [1.165, 1.54) is 22.7 Å². The summed E-state index contributed by atoms with van der Waals surface area (Å²) >= 11 is 1.69. The summed E-state index contributed by atoms with van der Waals surface area (Å²) in [4.78, 5) is 14.7. The maximum atomic E-state index is 5.37. The van der Waals surface area contributed by atoms with Crippen molar-refractivity contribution in [3.8, 4) is 5.88 Å². The Labute approximate surface area is 158 Å². The number of aromatic nitrogens is 2. The number of unbranched alkanes of at least 4 members (excludes halogenated alkanes) is 1. The van der Waals surface area contributed by atoms with Gasteiger partial charge in [-0.3, -0.25) is 4.99 Å². The smallest absolute Gasteiger partial charge is 0.241 e. The zero-order valence-corrected chi connectivity index (χ0v) is 17.2. The first kappa shape index (κ1) is 19.2. The Kier molecular flexibility index (Phi) is 6.31. The van der Waals surface area contributed by atoms with Gasteiger partial charge in [-0.05, 0) is 24.7 Å². The topological polar surface area (TPSA) is 59.4 Å². The Morgan fingerprint density at radius 2 is 2.12 bits per heavy atom. The van der Waals surface area contributed by atoms with Crippen molar-refractivity contribution < 1.29 is 4.74 Å². The number of hydrogen-bond donors (Lipinski definition) is 1. The maximum absolute atomic E-state index is 5.37. The normalized spacial score (nSPS) is 19.9. The first-order valence-corrected chi connectivity index (χ1v) is 8.96. The van der Waals surface area contributed by atoms with Crippen molar-refractivity contribution in [3.63, 3.8) is 0 Å².